The summed E-state index contributed by atoms with van der Waals surface area (Å²) in [5, 5.41) is 11.0. The lowest BCUT2D eigenvalue weighted by atomic mass is 10.3. The van der Waals surface area contributed by atoms with Crippen LogP contribution in [0.1, 0.15) is 22.2 Å². The van der Waals surface area contributed by atoms with Gasteiger partial charge in [-0.25, -0.2) is 12.7 Å². The first-order valence-electron chi connectivity index (χ1n) is 4.97. The van der Waals surface area contributed by atoms with Gasteiger partial charge in [0.25, 0.3) is 5.91 Å². The van der Waals surface area contributed by atoms with Gasteiger partial charge in [-0.3, -0.25) is 4.79 Å². The molecule has 0 aliphatic carbocycles. The molecular weight excluding hydrogens is 262 g/mol. The molecule has 96 valence electrons. The van der Waals surface area contributed by atoms with Gasteiger partial charge in [-0.1, -0.05) is 0 Å². The van der Waals surface area contributed by atoms with Gasteiger partial charge in [-0.15, -0.1) is 11.3 Å². The van der Waals surface area contributed by atoms with Gasteiger partial charge in [0, 0.05) is 0 Å². The van der Waals surface area contributed by atoms with Crippen LogP contribution in [0, 0.1) is 6.92 Å². The van der Waals surface area contributed by atoms with Crippen molar-refractivity contribution in [1.82, 2.24) is 4.31 Å². The third-order valence-corrected chi connectivity index (χ3v) is 4.23. The molecule has 0 aromatic carbocycles. The van der Waals surface area contributed by atoms with Crippen molar-refractivity contribution in [1.29, 1.82) is 0 Å². The van der Waals surface area contributed by atoms with Crippen molar-refractivity contribution in [3.63, 3.8) is 0 Å². The molecule has 0 saturated carbocycles. The number of aliphatic hydroxyl groups is 1. The van der Waals surface area contributed by atoms with Crippen molar-refractivity contribution < 1.29 is 18.3 Å². The van der Waals surface area contributed by atoms with Crippen LogP contribution in [0.2, 0.25) is 0 Å². The van der Waals surface area contributed by atoms with Gasteiger partial charge in [0.1, 0.15) is 0 Å². The van der Waals surface area contributed by atoms with Crippen molar-refractivity contribution >= 4 is 27.3 Å². The summed E-state index contributed by atoms with van der Waals surface area (Å²) in [6, 6.07) is 1.75. The van der Waals surface area contributed by atoms with E-state index in [9.17, 15) is 18.3 Å². The lowest BCUT2D eigenvalue weighted by Crippen LogP contribution is -2.40. The minimum absolute atomic E-state index is 0.227. The van der Waals surface area contributed by atoms with E-state index >= 15 is 0 Å². The van der Waals surface area contributed by atoms with Crippen molar-refractivity contribution in [3.8, 4) is 0 Å². The molecule has 0 spiro atoms. The number of hydrogen-bond acceptors (Lipinski definition) is 5. The number of aliphatic hydroxyl groups excluding tert-OH is 1. The van der Waals surface area contributed by atoms with E-state index in [0.29, 0.717) is 9.18 Å². The number of carbonyl (C=O) groups excluding carboxylic acids is 1. The first-order valence-corrected chi connectivity index (χ1v) is 7.70. The summed E-state index contributed by atoms with van der Waals surface area (Å²) in [6.45, 7) is 2.95. The van der Waals surface area contributed by atoms with Crippen LogP contribution in [0.25, 0.3) is 0 Å². The first-order chi connectivity index (χ1) is 7.73. The molecule has 7 heteroatoms. The quantitative estimate of drug-likeness (QED) is 0.885. The van der Waals surface area contributed by atoms with E-state index in [1.807, 2.05) is 0 Å². The maximum absolute atomic E-state index is 12.1. The normalized spacial score (nSPS) is 13.4. The number of amides is 1. The fourth-order valence-electron chi connectivity index (χ4n) is 1.31. The van der Waals surface area contributed by atoms with Crippen LogP contribution in [0.5, 0.6) is 0 Å². The highest BCUT2D eigenvalue weighted by Gasteiger charge is 2.27. The molecule has 1 N–H and O–H groups in total. The second kappa shape index (κ2) is 5.16. The zero-order valence-corrected chi connectivity index (χ0v) is 11.5. The van der Waals surface area contributed by atoms with E-state index < -0.39 is 22.0 Å². The third-order valence-electron chi connectivity index (χ3n) is 2.11. The van der Waals surface area contributed by atoms with Crippen molar-refractivity contribution in [2.75, 3.05) is 12.8 Å². The van der Waals surface area contributed by atoms with Crippen LogP contribution in [-0.2, 0) is 10.0 Å². The molecule has 1 amide bonds. The van der Waals surface area contributed by atoms with Gasteiger partial charge >= 0.3 is 0 Å². The molecular formula is C10H15NO4S2. The molecule has 0 bridgehead atoms. The fraction of sp³-hybridized carbons (Fsp3) is 0.500. The Morgan fingerprint density at radius 3 is 2.53 bits per heavy atom. The topological polar surface area (TPSA) is 74.7 Å². The number of hydrogen-bond donors (Lipinski definition) is 1. The number of rotatable bonds is 4. The van der Waals surface area contributed by atoms with E-state index in [1.165, 1.54) is 18.3 Å². The predicted octanol–water partition coefficient (Wildman–Crippen LogP) is 0.839. The SMILES string of the molecule is Cc1ccsc1C(=O)N(C[C@H](C)O)S(C)(=O)=O. The molecule has 1 aromatic rings. The smallest absolute Gasteiger partial charge is 0.277 e. The van der Waals surface area contributed by atoms with E-state index in [4.69, 9.17) is 0 Å². The monoisotopic (exact) mass is 277 g/mol. The molecule has 17 heavy (non-hydrogen) atoms. The minimum Gasteiger partial charge on any atom is -0.392 e. The number of aryl methyl sites for hydroxylation is 1. The van der Waals surface area contributed by atoms with Gasteiger partial charge in [-0.2, -0.15) is 0 Å². The summed E-state index contributed by atoms with van der Waals surface area (Å²) >= 11 is 1.19. The first kappa shape index (κ1) is 14.1. The molecule has 0 saturated heterocycles. The molecule has 0 aliphatic rings. The summed E-state index contributed by atoms with van der Waals surface area (Å²) in [5.74, 6) is -0.582. The van der Waals surface area contributed by atoms with Crippen LogP contribution in [0.3, 0.4) is 0 Å². The molecule has 1 atom stereocenters. The second-order valence-electron chi connectivity index (χ2n) is 3.88. The fourth-order valence-corrected chi connectivity index (χ4v) is 3.12. The molecule has 1 heterocycles. The Bertz CT molecular complexity index is 504. The van der Waals surface area contributed by atoms with Crippen molar-refractivity contribution in [3.05, 3.63) is 21.9 Å². The molecule has 0 fully saturated rings. The average Bonchev–Trinajstić information content (AvgIpc) is 2.58. The highest BCUT2D eigenvalue weighted by atomic mass is 32.2. The summed E-state index contributed by atoms with van der Waals surface area (Å²) < 4.78 is 23.7. The Kier molecular flexibility index (Phi) is 4.29. The van der Waals surface area contributed by atoms with Crippen molar-refractivity contribution in [2.45, 2.75) is 20.0 Å². The second-order valence-corrected chi connectivity index (χ2v) is 6.70. The maximum Gasteiger partial charge on any atom is 0.277 e. The molecule has 0 radical (unpaired) electrons. The van der Waals surface area contributed by atoms with E-state index in [0.717, 1.165) is 11.8 Å². The molecule has 0 unspecified atom stereocenters. The Hall–Kier alpha value is -0.920. The standard InChI is InChI=1S/C10H15NO4S2/c1-7-4-5-16-9(7)10(13)11(6-8(2)12)17(3,14)15/h4-5,8,12H,6H2,1-3H3/t8-/m0/s1. The lowest BCUT2D eigenvalue weighted by molar-refractivity contribution is 0.0802. The van der Waals surface area contributed by atoms with Gasteiger partial charge in [0.15, 0.2) is 0 Å². The van der Waals surface area contributed by atoms with E-state index in [2.05, 4.69) is 0 Å². The lowest BCUT2D eigenvalue weighted by Gasteiger charge is -2.21. The highest BCUT2D eigenvalue weighted by molar-refractivity contribution is 7.88. The van der Waals surface area contributed by atoms with Crippen LogP contribution < -0.4 is 0 Å². The Morgan fingerprint density at radius 2 is 2.18 bits per heavy atom. The average molecular weight is 277 g/mol. The van der Waals surface area contributed by atoms with Crippen molar-refractivity contribution in [2.24, 2.45) is 0 Å². The van der Waals surface area contributed by atoms with E-state index in [-0.39, 0.29) is 6.54 Å². The summed E-state index contributed by atoms with van der Waals surface area (Å²) in [6.07, 6.45) is 0.0601. The summed E-state index contributed by atoms with van der Waals surface area (Å²) in [7, 11) is -3.67. The molecule has 5 nitrogen and oxygen atoms in total. The zero-order valence-electron chi connectivity index (χ0n) is 9.87. The number of sulfonamides is 1. The predicted molar refractivity (Wildman–Crippen MR) is 66.6 cm³/mol. The molecule has 1 rings (SSSR count). The van der Waals surface area contributed by atoms with Crippen LogP contribution in [0.15, 0.2) is 11.4 Å². The zero-order chi connectivity index (χ0) is 13.2. The van der Waals surface area contributed by atoms with Crippen LogP contribution >= 0.6 is 11.3 Å². The van der Waals surface area contributed by atoms with Gasteiger partial charge in [0.05, 0.1) is 23.8 Å². The largest absolute Gasteiger partial charge is 0.392 e. The van der Waals surface area contributed by atoms with Crippen LogP contribution in [-0.4, -0.2) is 42.6 Å². The Labute approximate surface area is 105 Å². The number of thiophene rings is 1. The number of carbonyl (C=O) groups is 1. The Balaban J connectivity index is 3.08. The Morgan fingerprint density at radius 1 is 1.59 bits per heavy atom. The molecule has 0 aliphatic heterocycles. The van der Waals surface area contributed by atoms with Gasteiger partial charge < -0.3 is 5.11 Å². The van der Waals surface area contributed by atoms with Crippen LogP contribution in [0.4, 0.5) is 0 Å². The van der Waals surface area contributed by atoms with E-state index in [1.54, 1.807) is 18.4 Å². The summed E-state index contributed by atoms with van der Waals surface area (Å²) in [4.78, 5) is 12.4. The van der Waals surface area contributed by atoms with Gasteiger partial charge in [-0.05, 0) is 30.9 Å². The molecule has 1 aromatic heterocycles. The maximum atomic E-state index is 12.1. The summed E-state index contributed by atoms with van der Waals surface area (Å²) in [5.41, 5.74) is 0.735. The highest BCUT2D eigenvalue weighted by Crippen LogP contribution is 2.19. The minimum atomic E-state index is -3.67. The van der Waals surface area contributed by atoms with Gasteiger partial charge in [0.2, 0.25) is 10.0 Å². The number of nitrogens with zero attached hydrogens (tertiary/aromatic N) is 1. The third kappa shape index (κ3) is 3.52.